The van der Waals surface area contributed by atoms with Crippen molar-refractivity contribution in [2.75, 3.05) is 14.2 Å². The lowest BCUT2D eigenvalue weighted by Crippen LogP contribution is -2.42. The summed E-state index contributed by atoms with van der Waals surface area (Å²) in [6.07, 6.45) is -0.627. The van der Waals surface area contributed by atoms with Crippen molar-refractivity contribution in [2.45, 2.75) is 29.4 Å². The lowest BCUT2D eigenvalue weighted by Gasteiger charge is -2.25. The zero-order chi connectivity index (χ0) is 17.4. The minimum absolute atomic E-state index is 0.0908. The number of thioether (sulfide) groups is 1. The highest BCUT2D eigenvalue weighted by molar-refractivity contribution is 8.00. The minimum atomic E-state index is -0.627. The number of benzene rings is 2. The van der Waals surface area contributed by atoms with Crippen molar-refractivity contribution in [3.63, 3.8) is 0 Å². The van der Waals surface area contributed by atoms with E-state index in [2.05, 4.69) is 5.32 Å². The molecule has 2 rings (SSSR count). The van der Waals surface area contributed by atoms with Crippen molar-refractivity contribution in [2.24, 2.45) is 0 Å². The molecule has 1 N–H and O–H groups in total. The highest BCUT2D eigenvalue weighted by Crippen LogP contribution is 2.27. The molecule has 0 bridgehead atoms. The Kier molecular flexibility index (Phi) is 7.31. The topological polar surface area (TPSA) is 47.6 Å². The molecule has 0 saturated carbocycles. The summed E-state index contributed by atoms with van der Waals surface area (Å²) >= 11 is 1.43. The summed E-state index contributed by atoms with van der Waals surface area (Å²) in [6, 6.07) is 19.5. The average molecular weight is 345 g/mol. The number of carbonyl (C=O) groups is 1. The van der Waals surface area contributed by atoms with Crippen LogP contribution in [-0.2, 0) is 14.3 Å². The van der Waals surface area contributed by atoms with Gasteiger partial charge < -0.3 is 14.8 Å². The molecular formula is C19H23NO3S. The quantitative estimate of drug-likeness (QED) is 0.586. The predicted octanol–water partition coefficient (Wildman–Crippen LogP) is 3.64. The van der Waals surface area contributed by atoms with E-state index in [1.165, 1.54) is 11.8 Å². The predicted molar refractivity (Wildman–Crippen MR) is 96.9 cm³/mol. The number of ether oxygens (including phenoxy) is 2. The van der Waals surface area contributed by atoms with E-state index in [0.29, 0.717) is 0 Å². The van der Waals surface area contributed by atoms with Crippen LogP contribution in [0.1, 0.15) is 18.5 Å². The average Bonchev–Trinajstić information content (AvgIpc) is 2.63. The maximum Gasteiger partial charge on any atom is 0.239 e. The van der Waals surface area contributed by atoms with Crippen molar-refractivity contribution in [3.8, 4) is 0 Å². The summed E-state index contributed by atoms with van der Waals surface area (Å²) < 4.78 is 10.7. The molecular weight excluding hydrogens is 322 g/mol. The van der Waals surface area contributed by atoms with E-state index >= 15 is 0 Å². The number of nitrogens with one attached hydrogen (secondary N) is 1. The number of hydrogen-bond donors (Lipinski definition) is 1. The zero-order valence-corrected chi connectivity index (χ0v) is 15.0. The van der Waals surface area contributed by atoms with E-state index < -0.39 is 11.5 Å². The normalized spacial score (nSPS) is 13.5. The van der Waals surface area contributed by atoms with Gasteiger partial charge in [-0.2, -0.15) is 0 Å². The Balaban J connectivity index is 2.12. The van der Waals surface area contributed by atoms with Gasteiger partial charge in [0.25, 0.3) is 0 Å². The van der Waals surface area contributed by atoms with Crippen LogP contribution in [0.2, 0.25) is 0 Å². The third-order valence-corrected chi connectivity index (χ3v) is 4.87. The van der Waals surface area contributed by atoms with Crippen LogP contribution in [0.5, 0.6) is 0 Å². The van der Waals surface area contributed by atoms with Crippen LogP contribution in [-0.4, -0.2) is 31.7 Å². The Bertz CT molecular complexity index is 617. The fraction of sp³-hybridized carbons (Fsp3) is 0.316. The highest BCUT2D eigenvalue weighted by Gasteiger charge is 2.30. The standard InChI is InChI=1S/C19H23NO3S/c1-14(15-10-6-4-7-11-15)20-18(21)17(19(22-2)23-3)24-16-12-8-5-9-13-16/h4-14,17,19H,1-3H3,(H,20,21)/t14-,17?/m0/s1. The summed E-state index contributed by atoms with van der Waals surface area (Å²) in [5, 5.41) is 2.54. The molecule has 0 saturated heterocycles. The molecule has 5 heteroatoms. The van der Waals surface area contributed by atoms with Gasteiger partial charge in [0.15, 0.2) is 6.29 Å². The van der Waals surface area contributed by atoms with E-state index in [4.69, 9.17) is 9.47 Å². The molecule has 1 unspecified atom stereocenters. The summed E-state index contributed by atoms with van der Waals surface area (Å²) in [7, 11) is 3.08. The van der Waals surface area contributed by atoms with Gasteiger partial charge in [-0.15, -0.1) is 11.8 Å². The summed E-state index contributed by atoms with van der Waals surface area (Å²) in [4.78, 5) is 13.8. The number of amides is 1. The lowest BCUT2D eigenvalue weighted by atomic mass is 10.1. The molecule has 0 heterocycles. The van der Waals surface area contributed by atoms with Crippen LogP contribution >= 0.6 is 11.8 Å². The van der Waals surface area contributed by atoms with Gasteiger partial charge in [0, 0.05) is 19.1 Å². The van der Waals surface area contributed by atoms with Gasteiger partial charge in [0.05, 0.1) is 6.04 Å². The monoisotopic (exact) mass is 345 g/mol. The van der Waals surface area contributed by atoms with Gasteiger partial charge in [0.1, 0.15) is 5.25 Å². The lowest BCUT2D eigenvalue weighted by molar-refractivity contribution is -0.137. The van der Waals surface area contributed by atoms with Gasteiger partial charge in [0.2, 0.25) is 5.91 Å². The molecule has 0 aliphatic carbocycles. The SMILES string of the molecule is COC(OC)C(Sc1ccccc1)C(=O)N[C@@H](C)c1ccccc1. The number of methoxy groups -OCH3 is 2. The van der Waals surface area contributed by atoms with Gasteiger partial charge >= 0.3 is 0 Å². The Morgan fingerprint density at radius 1 is 0.958 bits per heavy atom. The summed E-state index contributed by atoms with van der Waals surface area (Å²) in [5.41, 5.74) is 1.06. The Labute approximate surface area is 147 Å². The first-order valence-electron chi connectivity index (χ1n) is 7.78. The third-order valence-electron chi connectivity index (χ3n) is 3.63. The van der Waals surface area contributed by atoms with Gasteiger partial charge in [-0.25, -0.2) is 0 Å². The van der Waals surface area contributed by atoms with Gasteiger partial charge in [-0.05, 0) is 24.6 Å². The van der Waals surface area contributed by atoms with Crippen LogP contribution in [0.4, 0.5) is 0 Å². The molecule has 2 aromatic carbocycles. The third kappa shape index (κ3) is 5.09. The summed E-state index contributed by atoms with van der Waals surface area (Å²) in [6.45, 7) is 1.96. The molecule has 0 aliphatic rings. The Morgan fingerprint density at radius 3 is 2.04 bits per heavy atom. The number of hydrogen-bond acceptors (Lipinski definition) is 4. The van der Waals surface area contributed by atoms with Crippen LogP contribution < -0.4 is 5.32 Å². The summed E-state index contributed by atoms with van der Waals surface area (Å²) in [5.74, 6) is -0.117. The van der Waals surface area contributed by atoms with E-state index in [9.17, 15) is 4.79 Å². The van der Waals surface area contributed by atoms with Gasteiger partial charge in [-0.1, -0.05) is 48.5 Å². The molecule has 0 radical (unpaired) electrons. The Hall–Kier alpha value is -1.82. The van der Waals surface area contributed by atoms with Crippen molar-refractivity contribution in [3.05, 3.63) is 66.2 Å². The smallest absolute Gasteiger partial charge is 0.239 e. The maximum absolute atomic E-state index is 12.8. The fourth-order valence-electron chi connectivity index (χ4n) is 2.34. The van der Waals surface area contributed by atoms with Crippen molar-refractivity contribution >= 4 is 17.7 Å². The second kappa shape index (κ2) is 9.47. The number of rotatable bonds is 8. The zero-order valence-electron chi connectivity index (χ0n) is 14.1. The molecule has 0 spiro atoms. The van der Waals surface area contributed by atoms with Crippen molar-refractivity contribution < 1.29 is 14.3 Å². The molecule has 0 aliphatic heterocycles. The number of carbonyl (C=O) groups excluding carboxylic acids is 1. The first-order chi connectivity index (χ1) is 11.7. The van der Waals surface area contributed by atoms with Crippen LogP contribution in [0.25, 0.3) is 0 Å². The van der Waals surface area contributed by atoms with Crippen LogP contribution in [0.15, 0.2) is 65.6 Å². The van der Waals surface area contributed by atoms with Gasteiger partial charge in [-0.3, -0.25) is 4.79 Å². The van der Waals surface area contributed by atoms with Crippen LogP contribution in [0, 0.1) is 0 Å². The van der Waals surface area contributed by atoms with E-state index in [1.54, 1.807) is 14.2 Å². The second-order valence-corrected chi connectivity index (χ2v) is 6.55. The van der Waals surface area contributed by atoms with Crippen molar-refractivity contribution in [1.82, 2.24) is 5.32 Å². The second-order valence-electron chi connectivity index (χ2n) is 5.33. The molecule has 1 amide bonds. The largest absolute Gasteiger partial charge is 0.354 e. The molecule has 2 aromatic rings. The molecule has 24 heavy (non-hydrogen) atoms. The molecule has 0 fully saturated rings. The van der Waals surface area contributed by atoms with E-state index in [-0.39, 0.29) is 11.9 Å². The molecule has 2 atom stereocenters. The van der Waals surface area contributed by atoms with E-state index in [0.717, 1.165) is 10.5 Å². The molecule has 0 aromatic heterocycles. The van der Waals surface area contributed by atoms with E-state index in [1.807, 2.05) is 67.6 Å². The van der Waals surface area contributed by atoms with Crippen LogP contribution in [0.3, 0.4) is 0 Å². The first-order valence-corrected chi connectivity index (χ1v) is 8.66. The fourth-order valence-corrected chi connectivity index (χ4v) is 3.46. The first kappa shape index (κ1) is 18.5. The van der Waals surface area contributed by atoms with Crippen molar-refractivity contribution in [1.29, 1.82) is 0 Å². The maximum atomic E-state index is 12.8. The highest BCUT2D eigenvalue weighted by atomic mass is 32.2. The molecule has 4 nitrogen and oxygen atoms in total. The Morgan fingerprint density at radius 2 is 1.50 bits per heavy atom. The minimum Gasteiger partial charge on any atom is -0.354 e. The molecule has 128 valence electrons.